The number of nitrogens with two attached hydrogens (primary N) is 1. The highest BCUT2D eigenvalue weighted by atomic mass is 35.5. The molecule has 0 radical (unpaired) electrons. The molecule has 2 aromatic rings. The summed E-state index contributed by atoms with van der Waals surface area (Å²) in [6, 6.07) is 10.1. The van der Waals surface area contributed by atoms with Gasteiger partial charge in [0.15, 0.2) is 0 Å². The van der Waals surface area contributed by atoms with Crippen LogP contribution in [0.2, 0.25) is 0 Å². The minimum absolute atomic E-state index is 0. The fraction of sp³-hybridized carbons (Fsp3) is 0.467. The van der Waals surface area contributed by atoms with E-state index in [0.29, 0.717) is 18.3 Å². The molecule has 7 heteroatoms. The molecule has 1 aromatic carbocycles. The van der Waals surface area contributed by atoms with Crippen molar-refractivity contribution in [2.75, 3.05) is 18.5 Å². The Morgan fingerprint density at radius 3 is 2.64 bits per heavy atom. The summed E-state index contributed by atoms with van der Waals surface area (Å²) in [6.45, 7) is 0.981. The Morgan fingerprint density at radius 2 is 1.91 bits per heavy atom. The lowest BCUT2D eigenvalue weighted by Gasteiger charge is -2.06. The third kappa shape index (κ3) is 6.01. The zero-order valence-corrected chi connectivity index (χ0v) is 13.3. The van der Waals surface area contributed by atoms with E-state index in [4.69, 9.17) is 15.3 Å². The van der Waals surface area contributed by atoms with Crippen molar-refractivity contribution in [2.24, 2.45) is 5.73 Å². The highest BCUT2D eigenvalue weighted by Gasteiger charge is 2.14. The van der Waals surface area contributed by atoms with Gasteiger partial charge in [0.25, 0.3) is 0 Å². The number of aliphatic hydroxyl groups excluding tert-OH is 1. The van der Waals surface area contributed by atoms with Crippen LogP contribution in [0.1, 0.15) is 36.8 Å². The highest BCUT2D eigenvalue weighted by Crippen LogP contribution is 2.16. The van der Waals surface area contributed by atoms with Crippen molar-refractivity contribution in [2.45, 2.75) is 31.7 Å². The topological polar surface area (TPSA) is 97.2 Å². The molecule has 1 atom stereocenters. The van der Waals surface area contributed by atoms with Gasteiger partial charge in [-0.2, -0.15) is 0 Å². The second kappa shape index (κ2) is 10.2. The first kappa shape index (κ1) is 18.4. The molecule has 0 spiro atoms. The zero-order chi connectivity index (χ0) is 14.9. The summed E-state index contributed by atoms with van der Waals surface area (Å²) in [5.74, 6) is 0.441. The SMILES string of the molecule is Cl.N[C@H](Cc1ccccc1)c1nnc(NCCCCCO)o1. The average molecular weight is 327 g/mol. The lowest BCUT2D eigenvalue weighted by atomic mass is 10.1. The number of anilines is 1. The average Bonchev–Trinajstić information content (AvgIpc) is 2.97. The maximum absolute atomic E-state index is 8.69. The summed E-state index contributed by atoms with van der Waals surface area (Å²) in [5, 5.41) is 19.7. The molecule has 6 nitrogen and oxygen atoms in total. The maximum Gasteiger partial charge on any atom is 0.315 e. The standard InChI is InChI=1S/C15H22N4O2.ClH/c16-13(11-12-7-3-1-4-8-12)14-18-19-15(21-14)17-9-5-2-6-10-20;/h1,3-4,7-8,13,20H,2,5-6,9-11,16H2,(H,17,19);1H/t13-;/m1./s1. The largest absolute Gasteiger partial charge is 0.406 e. The van der Waals surface area contributed by atoms with Crippen LogP contribution in [0.3, 0.4) is 0 Å². The smallest absolute Gasteiger partial charge is 0.315 e. The third-order valence-corrected chi connectivity index (χ3v) is 3.17. The van der Waals surface area contributed by atoms with Gasteiger partial charge < -0.3 is 20.6 Å². The minimum Gasteiger partial charge on any atom is -0.406 e. The van der Waals surface area contributed by atoms with Crippen LogP contribution in [0, 0.1) is 0 Å². The number of hydrogen-bond acceptors (Lipinski definition) is 6. The Morgan fingerprint density at radius 1 is 1.14 bits per heavy atom. The number of rotatable bonds is 9. The predicted molar refractivity (Wildman–Crippen MR) is 88.0 cm³/mol. The summed E-state index contributed by atoms with van der Waals surface area (Å²) in [5.41, 5.74) is 7.22. The summed E-state index contributed by atoms with van der Waals surface area (Å²) >= 11 is 0. The van der Waals surface area contributed by atoms with Crippen LogP contribution in [0.5, 0.6) is 0 Å². The van der Waals surface area contributed by atoms with Crippen LogP contribution in [0.25, 0.3) is 0 Å². The first-order chi connectivity index (χ1) is 10.3. The predicted octanol–water partition coefficient (Wildman–Crippen LogP) is 2.31. The second-order valence-corrected chi connectivity index (χ2v) is 4.95. The third-order valence-electron chi connectivity index (χ3n) is 3.17. The fourth-order valence-corrected chi connectivity index (χ4v) is 2.02. The van der Waals surface area contributed by atoms with Gasteiger partial charge in [0.05, 0.1) is 6.04 Å². The molecule has 0 amide bonds. The number of aromatic nitrogens is 2. The highest BCUT2D eigenvalue weighted by molar-refractivity contribution is 5.85. The van der Waals surface area contributed by atoms with Crippen molar-refractivity contribution < 1.29 is 9.52 Å². The number of nitrogens with zero attached hydrogens (tertiary/aromatic N) is 2. The van der Waals surface area contributed by atoms with E-state index in [-0.39, 0.29) is 25.1 Å². The van der Waals surface area contributed by atoms with Crippen LogP contribution in [-0.2, 0) is 6.42 Å². The molecule has 0 aliphatic carbocycles. The minimum atomic E-state index is -0.301. The van der Waals surface area contributed by atoms with Gasteiger partial charge in [-0.25, -0.2) is 0 Å². The zero-order valence-electron chi connectivity index (χ0n) is 12.4. The molecule has 0 saturated carbocycles. The van der Waals surface area contributed by atoms with Crippen molar-refractivity contribution in [3.63, 3.8) is 0 Å². The molecule has 0 bridgehead atoms. The van der Waals surface area contributed by atoms with E-state index in [1.165, 1.54) is 0 Å². The number of nitrogens with one attached hydrogen (secondary N) is 1. The molecule has 0 aliphatic rings. The molecule has 1 heterocycles. The Bertz CT molecular complexity index is 521. The first-order valence-electron chi connectivity index (χ1n) is 7.27. The monoisotopic (exact) mass is 326 g/mol. The lowest BCUT2D eigenvalue weighted by Crippen LogP contribution is -2.13. The van der Waals surface area contributed by atoms with Gasteiger partial charge in [-0.1, -0.05) is 35.4 Å². The lowest BCUT2D eigenvalue weighted by molar-refractivity contribution is 0.283. The van der Waals surface area contributed by atoms with Crippen LogP contribution in [-0.4, -0.2) is 28.5 Å². The number of hydrogen-bond donors (Lipinski definition) is 3. The maximum atomic E-state index is 8.69. The number of benzene rings is 1. The van der Waals surface area contributed by atoms with Crippen LogP contribution in [0.4, 0.5) is 6.01 Å². The summed E-state index contributed by atoms with van der Waals surface area (Å²) < 4.78 is 5.52. The van der Waals surface area contributed by atoms with Crippen molar-refractivity contribution in [1.82, 2.24) is 10.2 Å². The summed E-state index contributed by atoms with van der Waals surface area (Å²) in [7, 11) is 0. The van der Waals surface area contributed by atoms with E-state index in [0.717, 1.165) is 31.4 Å². The van der Waals surface area contributed by atoms with Gasteiger partial charge in [0, 0.05) is 13.2 Å². The fourth-order valence-electron chi connectivity index (χ4n) is 2.02. The van der Waals surface area contributed by atoms with Crippen molar-refractivity contribution in [3.8, 4) is 0 Å². The molecular weight excluding hydrogens is 304 g/mol. The van der Waals surface area contributed by atoms with E-state index in [1.54, 1.807) is 0 Å². The molecule has 0 aliphatic heterocycles. The molecule has 4 N–H and O–H groups in total. The second-order valence-electron chi connectivity index (χ2n) is 4.95. The van der Waals surface area contributed by atoms with E-state index in [1.807, 2.05) is 30.3 Å². The van der Waals surface area contributed by atoms with E-state index in [9.17, 15) is 0 Å². The van der Waals surface area contributed by atoms with Gasteiger partial charge in [-0.3, -0.25) is 0 Å². The molecule has 122 valence electrons. The summed E-state index contributed by atoms with van der Waals surface area (Å²) in [6.07, 6.45) is 3.41. The summed E-state index contributed by atoms with van der Waals surface area (Å²) in [4.78, 5) is 0. The van der Waals surface area contributed by atoms with Gasteiger partial charge in [0.2, 0.25) is 5.89 Å². The van der Waals surface area contributed by atoms with Crippen LogP contribution in [0.15, 0.2) is 34.7 Å². The Kier molecular flexibility index (Phi) is 8.50. The van der Waals surface area contributed by atoms with Gasteiger partial charge in [0.1, 0.15) is 0 Å². The Balaban J connectivity index is 0.00000242. The van der Waals surface area contributed by atoms with Gasteiger partial charge in [-0.05, 0) is 31.2 Å². The van der Waals surface area contributed by atoms with E-state index >= 15 is 0 Å². The van der Waals surface area contributed by atoms with Crippen molar-refractivity contribution >= 4 is 18.4 Å². The van der Waals surface area contributed by atoms with E-state index < -0.39 is 0 Å². The quantitative estimate of drug-likeness (QED) is 0.612. The van der Waals surface area contributed by atoms with Crippen molar-refractivity contribution in [3.05, 3.63) is 41.8 Å². The van der Waals surface area contributed by atoms with Gasteiger partial charge >= 0.3 is 6.01 Å². The Labute approximate surface area is 136 Å². The molecule has 0 unspecified atom stereocenters. The molecule has 2 rings (SSSR count). The van der Waals surface area contributed by atoms with E-state index in [2.05, 4.69) is 15.5 Å². The molecular formula is C15H23ClN4O2. The normalized spacial score (nSPS) is 11.7. The molecule has 22 heavy (non-hydrogen) atoms. The molecule has 1 aromatic heterocycles. The first-order valence-corrected chi connectivity index (χ1v) is 7.27. The Hall–Kier alpha value is -1.63. The van der Waals surface area contributed by atoms with Crippen LogP contribution < -0.4 is 11.1 Å². The van der Waals surface area contributed by atoms with Crippen molar-refractivity contribution in [1.29, 1.82) is 0 Å². The number of aliphatic hydroxyl groups is 1. The molecule has 0 fully saturated rings. The molecule has 0 saturated heterocycles. The van der Waals surface area contributed by atoms with Gasteiger partial charge in [-0.15, -0.1) is 17.5 Å². The van der Waals surface area contributed by atoms with Crippen LogP contribution >= 0.6 is 12.4 Å². The number of halogens is 1. The number of unbranched alkanes of at least 4 members (excludes halogenated alkanes) is 2.